The highest BCUT2D eigenvalue weighted by atomic mass is 16.5. The zero-order valence-corrected chi connectivity index (χ0v) is 12.9. The molecule has 0 spiro atoms. The number of nitrogens with zero attached hydrogens (tertiary/aromatic N) is 4. The van der Waals surface area contributed by atoms with E-state index in [1.165, 1.54) is 19.0 Å². The van der Waals surface area contributed by atoms with Crippen LogP contribution in [0.15, 0.2) is 16.9 Å². The summed E-state index contributed by atoms with van der Waals surface area (Å²) in [5.74, 6) is 1.40. The molecule has 0 saturated heterocycles. The van der Waals surface area contributed by atoms with Crippen LogP contribution in [-0.2, 0) is 10.3 Å². The Hall–Kier alpha value is -2.02. The summed E-state index contributed by atoms with van der Waals surface area (Å²) < 4.78 is 16.3. The van der Waals surface area contributed by atoms with E-state index < -0.39 is 5.60 Å². The maximum absolute atomic E-state index is 5.78. The van der Waals surface area contributed by atoms with E-state index in [-0.39, 0.29) is 0 Å². The van der Waals surface area contributed by atoms with Crippen LogP contribution >= 0.6 is 0 Å². The highest BCUT2D eigenvalue weighted by molar-refractivity contribution is 5.46. The quantitative estimate of drug-likeness (QED) is 0.803. The molecule has 0 atom stereocenters. The Morgan fingerprint density at radius 3 is 2.41 bits per heavy atom. The zero-order valence-electron chi connectivity index (χ0n) is 12.9. The molecule has 0 bridgehead atoms. The molecular weight excluding hydrogens is 284 g/mol. The van der Waals surface area contributed by atoms with Crippen LogP contribution < -0.4 is 4.74 Å². The van der Waals surface area contributed by atoms with Gasteiger partial charge in [0.05, 0.1) is 19.5 Å². The highest BCUT2D eigenvalue weighted by Crippen LogP contribution is 2.38. The van der Waals surface area contributed by atoms with Gasteiger partial charge in [-0.05, 0) is 12.8 Å². The van der Waals surface area contributed by atoms with Crippen LogP contribution in [-0.4, -0.2) is 34.3 Å². The van der Waals surface area contributed by atoms with E-state index in [0.29, 0.717) is 23.3 Å². The number of ether oxygens (including phenoxy) is 2. The van der Waals surface area contributed by atoms with Gasteiger partial charge in [0.2, 0.25) is 11.7 Å². The average Bonchev–Trinajstić information content (AvgIpc) is 2.94. The van der Waals surface area contributed by atoms with E-state index >= 15 is 0 Å². The van der Waals surface area contributed by atoms with Crippen molar-refractivity contribution in [2.75, 3.05) is 14.2 Å². The number of methoxy groups -OCH3 is 2. The van der Waals surface area contributed by atoms with E-state index in [2.05, 4.69) is 20.1 Å². The van der Waals surface area contributed by atoms with Gasteiger partial charge < -0.3 is 14.0 Å². The summed E-state index contributed by atoms with van der Waals surface area (Å²) in [4.78, 5) is 12.8. The second kappa shape index (κ2) is 6.39. The molecule has 1 fully saturated rings. The van der Waals surface area contributed by atoms with Gasteiger partial charge in [0.15, 0.2) is 0 Å². The first kappa shape index (κ1) is 14.9. The second-order valence-electron chi connectivity index (χ2n) is 5.48. The van der Waals surface area contributed by atoms with Crippen molar-refractivity contribution in [2.45, 2.75) is 44.1 Å². The van der Waals surface area contributed by atoms with Gasteiger partial charge in [0.1, 0.15) is 11.3 Å². The molecule has 3 rings (SSSR count). The summed E-state index contributed by atoms with van der Waals surface area (Å²) >= 11 is 0. The van der Waals surface area contributed by atoms with Crippen LogP contribution in [0.25, 0.3) is 11.5 Å². The van der Waals surface area contributed by atoms with Crippen molar-refractivity contribution in [1.82, 2.24) is 20.1 Å². The third-order valence-corrected chi connectivity index (χ3v) is 4.18. The number of aromatic nitrogens is 4. The lowest BCUT2D eigenvalue weighted by Crippen LogP contribution is -2.28. The normalized spacial score (nSPS) is 17.9. The van der Waals surface area contributed by atoms with Crippen molar-refractivity contribution in [2.24, 2.45) is 0 Å². The van der Waals surface area contributed by atoms with Crippen molar-refractivity contribution >= 4 is 0 Å². The van der Waals surface area contributed by atoms with Crippen LogP contribution in [0.4, 0.5) is 0 Å². The molecule has 0 N–H and O–H groups in total. The first-order valence-electron chi connectivity index (χ1n) is 7.53. The third-order valence-electron chi connectivity index (χ3n) is 4.18. The summed E-state index contributed by atoms with van der Waals surface area (Å²) in [5, 5.41) is 4.03. The smallest absolute Gasteiger partial charge is 0.259 e. The minimum Gasteiger partial charge on any atom is -0.480 e. The third kappa shape index (κ3) is 2.81. The predicted octanol–water partition coefficient (Wildman–Crippen LogP) is 2.73. The molecule has 1 aliphatic rings. The summed E-state index contributed by atoms with van der Waals surface area (Å²) in [6, 6.07) is 0. The van der Waals surface area contributed by atoms with Gasteiger partial charge in [-0.3, -0.25) is 0 Å². The SMILES string of the molecule is COc1cnc(-c2noc(C3(OC)CCCCCC3)n2)cn1. The molecule has 7 heteroatoms. The first-order valence-corrected chi connectivity index (χ1v) is 7.53. The molecule has 1 saturated carbocycles. The Labute approximate surface area is 129 Å². The molecule has 0 amide bonds. The molecule has 0 aromatic carbocycles. The monoisotopic (exact) mass is 304 g/mol. The van der Waals surface area contributed by atoms with Crippen molar-refractivity contribution < 1.29 is 14.0 Å². The zero-order chi connectivity index (χ0) is 15.4. The molecular formula is C15H20N4O3. The Bertz CT molecular complexity index is 604. The molecule has 22 heavy (non-hydrogen) atoms. The first-order chi connectivity index (χ1) is 10.8. The minimum absolute atomic E-state index is 0.422. The van der Waals surface area contributed by atoms with Crippen LogP contribution in [0.3, 0.4) is 0 Å². The summed E-state index contributed by atoms with van der Waals surface area (Å²) in [6.07, 6.45) is 9.55. The standard InChI is InChI=1S/C15H20N4O3/c1-20-12-10-16-11(9-17-12)13-18-14(22-19-13)15(21-2)7-5-3-4-6-8-15/h9-10H,3-8H2,1-2H3. The molecule has 2 aromatic heterocycles. The average molecular weight is 304 g/mol. The molecule has 0 unspecified atom stereocenters. The van der Waals surface area contributed by atoms with Gasteiger partial charge in [-0.2, -0.15) is 4.98 Å². The number of hydrogen-bond donors (Lipinski definition) is 0. The van der Waals surface area contributed by atoms with Crippen molar-refractivity contribution in [3.63, 3.8) is 0 Å². The topological polar surface area (TPSA) is 83.2 Å². The number of rotatable bonds is 4. The molecule has 0 aliphatic heterocycles. The molecule has 0 radical (unpaired) electrons. The number of hydrogen-bond acceptors (Lipinski definition) is 7. The van der Waals surface area contributed by atoms with Crippen molar-refractivity contribution in [3.8, 4) is 17.4 Å². The maximum atomic E-state index is 5.78. The van der Waals surface area contributed by atoms with E-state index in [0.717, 1.165) is 25.7 Å². The second-order valence-corrected chi connectivity index (χ2v) is 5.48. The summed E-state index contributed by atoms with van der Waals surface area (Å²) in [6.45, 7) is 0. The van der Waals surface area contributed by atoms with E-state index in [1.54, 1.807) is 20.4 Å². The van der Waals surface area contributed by atoms with Crippen LogP contribution in [0.5, 0.6) is 5.88 Å². The highest BCUT2D eigenvalue weighted by Gasteiger charge is 2.38. The van der Waals surface area contributed by atoms with Crippen molar-refractivity contribution in [3.05, 3.63) is 18.3 Å². The molecule has 1 aliphatic carbocycles. The Morgan fingerprint density at radius 2 is 1.82 bits per heavy atom. The van der Waals surface area contributed by atoms with Crippen LogP contribution in [0.2, 0.25) is 0 Å². The molecule has 2 aromatic rings. The van der Waals surface area contributed by atoms with Crippen molar-refractivity contribution in [1.29, 1.82) is 0 Å². The van der Waals surface area contributed by atoms with Gasteiger partial charge in [-0.15, -0.1) is 0 Å². The van der Waals surface area contributed by atoms with Crippen LogP contribution in [0.1, 0.15) is 44.4 Å². The maximum Gasteiger partial charge on any atom is 0.259 e. The Kier molecular flexibility index (Phi) is 4.33. The molecule has 7 nitrogen and oxygen atoms in total. The van der Waals surface area contributed by atoms with Gasteiger partial charge in [0, 0.05) is 7.11 Å². The van der Waals surface area contributed by atoms with Gasteiger partial charge in [0.25, 0.3) is 5.89 Å². The Balaban J connectivity index is 1.87. The molecule has 2 heterocycles. The summed E-state index contributed by atoms with van der Waals surface area (Å²) in [5.41, 5.74) is 0.0810. The lowest BCUT2D eigenvalue weighted by atomic mass is 9.94. The summed E-state index contributed by atoms with van der Waals surface area (Å²) in [7, 11) is 3.26. The fraction of sp³-hybridized carbons (Fsp3) is 0.600. The van der Waals surface area contributed by atoms with E-state index in [4.69, 9.17) is 14.0 Å². The van der Waals surface area contributed by atoms with E-state index in [1.807, 2.05) is 0 Å². The van der Waals surface area contributed by atoms with Gasteiger partial charge >= 0.3 is 0 Å². The van der Waals surface area contributed by atoms with Crippen LogP contribution in [0, 0.1) is 0 Å². The Morgan fingerprint density at radius 1 is 1.05 bits per heavy atom. The predicted molar refractivity (Wildman–Crippen MR) is 78.3 cm³/mol. The fourth-order valence-electron chi connectivity index (χ4n) is 2.85. The molecule has 118 valence electrons. The fourth-order valence-corrected chi connectivity index (χ4v) is 2.85. The van der Waals surface area contributed by atoms with E-state index in [9.17, 15) is 0 Å². The lowest BCUT2D eigenvalue weighted by molar-refractivity contribution is -0.0520. The van der Waals surface area contributed by atoms with Gasteiger partial charge in [-0.25, -0.2) is 9.97 Å². The minimum atomic E-state index is -0.471. The van der Waals surface area contributed by atoms with Gasteiger partial charge in [-0.1, -0.05) is 30.8 Å². The largest absolute Gasteiger partial charge is 0.480 e. The lowest BCUT2D eigenvalue weighted by Gasteiger charge is -2.26.